The van der Waals surface area contributed by atoms with Crippen LogP contribution < -0.4 is 0 Å². The number of ether oxygens (including phenoxy) is 2. The number of hydrogen-bond donors (Lipinski definition) is 1. The van der Waals surface area contributed by atoms with Gasteiger partial charge in [-0.1, -0.05) is 135 Å². The van der Waals surface area contributed by atoms with Gasteiger partial charge in [0.05, 0.1) is 17.7 Å². The third-order valence-electron chi connectivity index (χ3n) is 14.5. The van der Waals surface area contributed by atoms with Gasteiger partial charge in [0, 0.05) is 23.9 Å². The molecule has 1 N–H and O–H groups in total. The minimum Gasteiger partial charge on any atom is -0.445 e. The second-order valence-electron chi connectivity index (χ2n) is 17.6. The number of allylic oxidation sites excluding steroid dienone is 1. The van der Waals surface area contributed by atoms with Crippen molar-refractivity contribution in [2.75, 3.05) is 13.1 Å². The normalized spacial score (nSPS) is 27.4. The average Bonchev–Trinajstić information content (AvgIpc) is 3.23. The Hall–Kier alpha value is -4.88. The van der Waals surface area contributed by atoms with Crippen LogP contribution in [0.2, 0.25) is 0 Å². The van der Waals surface area contributed by atoms with Crippen LogP contribution in [0.3, 0.4) is 0 Å². The first-order chi connectivity index (χ1) is 27.7. The molecular formula is C51H60N2O5. The molecule has 3 fully saturated rings. The Morgan fingerprint density at radius 2 is 1.26 bits per heavy atom. The van der Waals surface area contributed by atoms with E-state index in [9.17, 15) is 14.7 Å². The number of nitrogens with zero attached hydrogens (tertiary/aromatic N) is 2. The van der Waals surface area contributed by atoms with Crippen LogP contribution in [0.4, 0.5) is 9.59 Å². The van der Waals surface area contributed by atoms with Gasteiger partial charge in [0.25, 0.3) is 0 Å². The zero-order valence-electron chi connectivity index (χ0n) is 33.6. The summed E-state index contributed by atoms with van der Waals surface area (Å²) in [6.07, 6.45) is 12.9. The third-order valence-corrected chi connectivity index (χ3v) is 14.5. The Balaban J connectivity index is 0.000000159. The van der Waals surface area contributed by atoms with E-state index in [1.165, 1.54) is 51.8 Å². The van der Waals surface area contributed by atoms with Gasteiger partial charge >= 0.3 is 12.2 Å². The molecular weight excluding hydrogens is 721 g/mol. The second-order valence-corrected chi connectivity index (χ2v) is 17.6. The van der Waals surface area contributed by atoms with Crippen molar-refractivity contribution in [2.45, 2.75) is 134 Å². The van der Waals surface area contributed by atoms with Crippen molar-refractivity contribution >= 4 is 12.2 Å². The molecule has 0 spiro atoms. The second kappa shape index (κ2) is 16.1. The Morgan fingerprint density at radius 1 is 0.672 bits per heavy atom. The zero-order chi connectivity index (χ0) is 39.2. The maximum absolute atomic E-state index is 13.0. The molecule has 10 rings (SSSR count). The molecule has 2 saturated heterocycles. The van der Waals surface area contributed by atoms with Gasteiger partial charge in [0.1, 0.15) is 13.2 Å². The Bertz CT molecular complexity index is 2170. The van der Waals surface area contributed by atoms with Crippen molar-refractivity contribution in [2.24, 2.45) is 0 Å². The molecule has 58 heavy (non-hydrogen) atoms. The summed E-state index contributed by atoms with van der Waals surface area (Å²) in [6.45, 7) is 6.34. The molecule has 4 aromatic carbocycles. The highest BCUT2D eigenvalue weighted by Crippen LogP contribution is 2.58. The number of fused-ring (bicyclic) bond motifs is 2. The molecule has 2 amide bonds. The van der Waals surface area contributed by atoms with Crippen LogP contribution in [-0.4, -0.2) is 57.9 Å². The summed E-state index contributed by atoms with van der Waals surface area (Å²) in [5.41, 5.74) is 10.6. The van der Waals surface area contributed by atoms with Crippen LogP contribution in [0.5, 0.6) is 0 Å². The highest BCUT2D eigenvalue weighted by atomic mass is 16.6. The minimum atomic E-state index is -0.865. The van der Waals surface area contributed by atoms with Gasteiger partial charge in [-0.25, -0.2) is 9.59 Å². The maximum atomic E-state index is 13.0. The number of benzene rings is 4. The summed E-state index contributed by atoms with van der Waals surface area (Å²) in [7, 11) is 0. The van der Waals surface area contributed by atoms with Crippen LogP contribution in [0.15, 0.2) is 109 Å². The van der Waals surface area contributed by atoms with Crippen molar-refractivity contribution in [1.82, 2.24) is 9.80 Å². The number of piperidine rings is 2. The van der Waals surface area contributed by atoms with Gasteiger partial charge in [-0.3, -0.25) is 0 Å². The summed E-state index contributed by atoms with van der Waals surface area (Å²) in [5.74, 6) is 0. The lowest BCUT2D eigenvalue weighted by Crippen LogP contribution is -2.73. The molecule has 304 valence electrons. The number of carbonyl (C=O) groups is 2. The highest BCUT2D eigenvalue weighted by Gasteiger charge is 2.64. The fourth-order valence-electron chi connectivity index (χ4n) is 11.7. The zero-order valence-corrected chi connectivity index (χ0v) is 33.6. The van der Waals surface area contributed by atoms with Crippen LogP contribution in [0.25, 0.3) is 0 Å². The van der Waals surface area contributed by atoms with E-state index in [4.69, 9.17) is 9.47 Å². The molecule has 7 heteroatoms. The first-order valence-corrected chi connectivity index (χ1v) is 21.3. The van der Waals surface area contributed by atoms with Crippen molar-refractivity contribution in [3.05, 3.63) is 153 Å². The van der Waals surface area contributed by atoms with E-state index >= 15 is 0 Å². The van der Waals surface area contributed by atoms with E-state index in [-0.39, 0.29) is 49.1 Å². The topological polar surface area (TPSA) is 79.3 Å². The van der Waals surface area contributed by atoms with Gasteiger partial charge in [-0.15, -0.1) is 0 Å². The van der Waals surface area contributed by atoms with Gasteiger partial charge < -0.3 is 24.4 Å². The molecule has 0 aromatic heterocycles. The molecule has 4 aromatic rings. The summed E-state index contributed by atoms with van der Waals surface area (Å²) in [6, 6.07) is 33.2. The Morgan fingerprint density at radius 3 is 1.93 bits per heavy atom. The fraction of sp³-hybridized carbons (Fsp3) is 0.451. The van der Waals surface area contributed by atoms with E-state index < -0.39 is 5.60 Å². The van der Waals surface area contributed by atoms with E-state index in [0.29, 0.717) is 19.6 Å². The van der Waals surface area contributed by atoms with Gasteiger partial charge in [-0.2, -0.15) is 0 Å². The van der Waals surface area contributed by atoms with Crippen LogP contribution >= 0.6 is 0 Å². The smallest absolute Gasteiger partial charge is 0.410 e. The van der Waals surface area contributed by atoms with Gasteiger partial charge in [-0.05, 0) is 111 Å². The van der Waals surface area contributed by atoms with Crippen molar-refractivity contribution < 1.29 is 24.2 Å². The molecule has 0 radical (unpaired) electrons. The van der Waals surface area contributed by atoms with Crippen molar-refractivity contribution in [1.29, 1.82) is 0 Å². The molecule has 5 atom stereocenters. The molecule has 6 aliphatic rings. The molecule has 2 heterocycles. The molecule has 1 saturated carbocycles. The van der Waals surface area contributed by atoms with E-state index in [0.717, 1.165) is 69.0 Å². The number of rotatable bonds is 4. The maximum Gasteiger partial charge on any atom is 0.410 e. The van der Waals surface area contributed by atoms with E-state index in [1.807, 2.05) is 70.5 Å². The first kappa shape index (κ1) is 39.9. The van der Waals surface area contributed by atoms with Crippen LogP contribution in [0.1, 0.15) is 110 Å². The number of amides is 2. The monoisotopic (exact) mass is 780 g/mol. The molecule has 2 aliphatic heterocycles. The lowest BCUT2D eigenvalue weighted by molar-refractivity contribution is -0.159. The number of hydrogen-bond acceptors (Lipinski definition) is 5. The Labute approximate surface area is 345 Å². The highest BCUT2D eigenvalue weighted by molar-refractivity contribution is 5.71. The average molecular weight is 781 g/mol. The lowest BCUT2D eigenvalue weighted by atomic mass is 9.49. The molecule has 4 aliphatic carbocycles. The van der Waals surface area contributed by atoms with Crippen LogP contribution in [-0.2, 0) is 46.4 Å². The first-order valence-electron chi connectivity index (χ1n) is 21.3. The van der Waals surface area contributed by atoms with Gasteiger partial charge in [0.2, 0.25) is 0 Å². The van der Waals surface area contributed by atoms with Gasteiger partial charge in [0.15, 0.2) is 0 Å². The number of carbonyl (C=O) groups excluding carboxylic acids is 2. The third kappa shape index (κ3) is 6.83. The lowest BCUT2D eigenvalue weighted by Gasteiger charge is -2.63. The SMILES string of the molecule is C.Cc1ccc2c(c1)[C@@]13CCCC=C1[C@@H](C2)N(C(=O)OCc1ccccc1)CC3.Cc1ccc2c(c1)[C@@]13CCCC[C@@]1(O)[C@@H](C2)N(C(=O)OCc1ccccc1)CC3. The summed E-state index contributed by atoms with van der Waals surface area (Å²) >= 11 is 0. The molecule has 0 unspecified atom stereocenters. The fourth-order valence-corrected chi connectivity index (χ4v) is 11.7. The van der Waals surface area contributed by atoms with Crippen LogP contribution in [0, 0.1) is 13.8 Å². The molecule has 4 bridgehead atoms. The van der Waals surface area contributed by atoms with Crippen molar-refractivity contribution in [3.8, 4) is 0 Å². The standard InChI is InChI=1S/C25H29NO3.C25H27NO2.CH4/c1-18-9-10-20-16-22-25(28)12-6-5-11-24(25,21(20)15-18)13-14-26(22)23(27)29-17-19-7-3-2-4-8-19;1-18-10-11-20-16-23-21-9-5-6-12-25(21,22(20)15-18)13-14-26(23)24(27)28-17-19-7-3-2-4-8-19;/h2-4,7-10,15,22,28H,5-6,11-14,16-17H2,1H3;2-4,7-11,15,23H,5-6,12-14,16-17H2,1H3;1H4/t22-,24+,25-;23-,25-;/m11./s1. The largest absolute Gasteiger partial charge is 0.445 e. The molecule has 7 nitrogen and oxygen atoms in total. The Kier molecular flexibility index (Phi) is 11.0. The predicted octanol–water partition coefficient (Wildman–Crippen LogP) is 10.5. The predicted molar refractivity (Wildman–Crippen MR) is 229 cm³/mol. The summed E-state index contributed by atoms with van der Waals surface area (Å²) in [4.78, 5) is 29.8. The quantitative estimate of drug-likeness (QED) is 0.209. The van der Waals surface area contributed by atoms with E-state index in [1.54, 1.807) is 0 Å². The van der Waals surface area contributed by atoms with E-state index in [2.05, 4.69) is 56.3 Å². The number of likely N-dealkylation sites (tertiary alicyclic amines) is 2. The van der Waals surface area contributed by atoms with Crippen molar-refractivity contribution in [3.63, 3.8) is 0 Å². The summed E-state index contributed by atoms with van der Waals surface area (Å²) < 4.78 is 11.4. The number of aliphatic hydroxyl groups is 1. The minimum absolute atomic E-state index is 0. The number of aryl methyl sites for hydroxylation is 2. The summed E-state index contributed by atoms with van der Waals surface area (Å²) in [5, 5.41) is 12.1.